The molecule has 20 heavy (non-hydrogen) atoms. The first-order chi connectivity index (χ1) is 8.84. The fraction of sp³-hybridized carbons (Fsp3) is 0.385. The topological polar surface area (TPSA) is 57.6 Å². The van der Waals surface area contributed by atoms with Crippen LogP contribution in [0.4, 0.5) is 8.78 Å². The van der Waals surface area contributed by atoms with Gasteiger partial charge in [-0.3, -0.25) is 14.0 Å². The number of carbonyl (C=O) groups is 2. The number of nitrogens with zero attached hydrogens (tertiary/aromatic N) is 1. The first-order valence-electron chi connectivity index (χ1n) is 5.78. The molecule has 0 aliphatic rings. The van der Waals surface area contributed by atoms with Gasteiger partial charge in [0.2, 0.25) is 5.91 Å². The molecular formula is C13H14F2NO3Y-. The Hall–Kier alpha value is -0.876. The number of carboxylic acids is 1. The van der Waals surface area contributed by atoms with Gasteiger partial charge in [0.25, 0.3) is 5.97 Å². The Balaban J connectivity index is 0.00000361. The molecule has 1 N–H and O–H groups in total. The number of carboxylic acid groups (broad SMARTS) is 1. The van der Waals surface area contributed by atoms with Crippen molar-refractivity contribution in [3.8, 4) is 0 Å². The Labute approximate surface area is 141 Å². The molecule has 4 nitrogen and oxygen atoms in total. The molecule has 107 valence electrons. The fourth-order valence-electron chi connectivity index (χ4n) is 1.76. The Morgan fingerprint density at radius 3 is 2.10 bits per heavy atom. The molecule has 0 heterocycles. The van der Waals surface area contributed by atoms with E-state index < -0.39 is 34.6 Å². The van der Waals surface area contributed by atoms with Crippen LogP contribution < -0.4 is 0 Å². The van der Waals surface area contributed by atoms with Crippen molar-refractivity contribution in [2.24, 2.45) is 0 Å². The Kier molecular flexibility index (Phi) is 7.45. The molecule has 0 aliphatic heterocycles. The minimum Gasteiger partial charge on any atom is -0.487 e. The van der Waals surface area contributed by atoms with Crippen LogP contribution in [0, 0.1) is 24.6 Å². The summed E-state index contributed by atoms with van der Waals surface area (Å²) < 4.78 is 27.6. The van der Waals surface area contributed by atoms with Gasteiger partial charge in [0.15, 0.2) is 0 Å². The van der Waals surface area contributed by atoms with Gasteiger partial charge in [-0.15, -0.1) is 11.6 Å². The molecule has 1 radical (unpaired) electrons. The van der Waals surface area contributed by atoms with Crippen molar-refractivity contribution >= 4 is 11.9 Å². The van der Waals surface area contributed by atoms with Crippen LogP contribution in [0.3, 0.4) is 0 Å². The van der Waals surface area contributed by atoms with Crippen molar-refractivity contribution in [1.29, 1.82) is 0 Å². The van der Waals surface area contributed by atoms with Crippen molar-refractivity contribution in [2.75, 3.05) is 13.1 Å². The number of rotatable bonds is 4. The van der Waals surface area contributed by atoms with Crippen LogP contribution >= 0.6 is 0 Å². The molecule has 0 atom stereocenters. The van der Waals surface area contributed by atoms with E-state index >= 15 is 0 Å². The Morgan fingerprint density at radius 1 is 1.20 bits per heavy atom. The zero-order valence-electron chi connectivity index (χ0n) is 11.5. The van der Waals surface area contributed by atoms with E-state index in [2.05, 4.69) is 0 Å². The number of halogens is 2. The number of aryl methyl sites for hydroxylation is 1. The number of carbonyl (C=O) groups excluding carboxylic acids is 1. The van der Waals surface area contributed by atoms with Crippen molar-refractivity contribution in [3.05, 3.63) is 34.4 Å². The molecule has 0 bridgehead atoms. The molecule has 0 aromatic heterocycles. The minimum absolute atomic E-state index is 0. The molecule has 7 heteroatoms. The number of hydrogen-bond donors (Lipinski definition) is 1. The molecule has 1 aromatic rings. The molecule has 0 unspecified atom stereocenters. The van der Waals surface area contributed by atoms with E-state index in [9.17, 15) is 18.4 Å². The van der Waals surface area contributed by atoms with Crippen molar-refractivity contribution in [3.63, 3.8) is 0 Å². The van der Waals surface area contributed by atoms with E-state index in [4.69, 9.17) is 5.11 Å². The van der Waals surface area contributed by atoms with Crippen molar-refractivity contribution < 1.29 is 56.2 Å². The molecule has 0 saturated heterocycles. The van der Waals surface area contributed by atoms with E-state index in [1.54, 1.807) is 13.8 Å². The molecule has 0 aliphatic carbocycles. The number of benzene rings is 1. The summed E-state index contributed by atoms with van der Waals surface area (Å²) in [5.74, 6) is -4.81. The third-order valence-electron chi connectivity index (χ3n) is 2.79. The van der Waals surface area contributed by atoms with Crippen LogP contribution in [-0.2, 0) is 32.7 Å². The van der Waals surface area contributed by atoms with Gasteiger partial charge in [-0.2, -0.15) is 0 Å². The summed E-state index contributed by atoms with van der Waals surface area (Å²) >= 11 is 0. The van der Waals surface area contributed by atoms with Crippen LogP contribution in [0.1, 0.15) is 40.1 Å². The minimum atomic E-state index is -1.69. The molecule has 1 amide bonds. The molecular weight excluding hydrogens is 345 g/mol. The van der Waals surface area contributed by atoms with Crippen LogP contribution in [-0.4, -0.2) is 35.0 Å². The monoisotopic (exact) mass is 359 g/mol. The van der Waals surface area contributed by atoms with Crippen molar-refractivity contribution in [1.82, 2.24) is 4.90 Å². The van der Waals surface area contributed by atoms with Gasteiger partial charge in [0.1, 0.15) is 0 Å². The number of hydrogen-bond acceptors (Lipinski definition) is 2. The normalized spacial score (nSPS) is 9.85. The first-order valence-corrected chi connectivity index (χ1v) is 5.78. The molecule has 0 saturated carbocycles. The third-order valence-corrected chi connectivity index (χ3v) is 2.79. The molecule has 1 aromatic carbocycles. The summed E-state index contributed by atoms with van der Waals surface area (Å²) in [6.07, 6.45) is 0. The molecule has 1 rings (SSSR count). The molecule has 0 spiro atoms. The second-order valence-electron chi connectivity index (χ2n) is 3.91. The average Bonchev–Trinajstić information content (AvgIpc) is 2.34. The predicted octanol–water partition coefficient (Wildman–Crippen LogP) is 2.25. The second kappa shape index (κ2) is 7.79. The van der Waals surface area contributed by atoms with E-state index in [0.29, 0.717) is 0 Å². The van der Waals surface area contributed by atoms with Gasteiger partial charge < -0.3 is 10.0 Å². The summed E-state index contributed by atoms with van der Waals surface area (Å²) in [5.41, 5.74) is -1.94. The maximum Gasteiger partial charge on any atom is 0.282 e. The van der Waals surface area contributed by atoms with Crippen LogP contribution in [0.15, 0.2) is 0 Å². The second-order valence-corrected chi connectivity index (χ2v) is 3.91. The smallest absolute Gasteiger partial charge is 0.282 e. The Morgan fingerprint density at radius 2 is 1.70 bits per heavy atom. The summed E-state index contributed by atoms with van der Waals surface area (Å²) in [4.78, 5) is 24.3. The van der Waals surface area contributed by atoms with Crippen molar-refractivity contribution in [2.45, 2.75) is 20.8 Å². The van der Waals surface area contributed by atoms with Gasteiger partial charge in [-0.05, 0) is 25.0 Å². The SMILES string of the molecule is CCN(CC)C(=O)c1c(F)c(C)[c-]c(F)c1C(=O)O.[Y]. The maximum absolute atomic E-state index is 14.0. The molecule has 0 fully saturated rings. The standard InChI is InChI=1S/C13H14F2NO3.Y/c1-4-16(5-2)12(17)10-9(13(18)19)8(14)6-7(3)11(10)15;/h4-5H2,1-3H3,(H,18,19);/q-1;. The zero-order valence-corrected chi connectivity index (χ0v) is 14.3. The summed E-state index contributed by atoms with van der Waals surface area (Å²) in [7, 11) is 0. The van der Waals surface area contributed by atoms with Gasteiger partial charge >= 0.3 is 0 Å². The van der Waals surface area contributed by atoms with Gasteiger partial charge in [-0.1, -0.05) is 6.92 Å². The van der Waals surface area contributed by atoms with E-state index in [1.807, 2.05) is 6.07 Å². The van der Waals surface area contributed by atoms with Crippen LogP contribution in [0.2, 0.25) is 0 Å². The van der Waals surface area contributed by atoms with E-state index in [1.165, 1.54) is 11.8 Å². The quantitative estimate of drug-likeness (QED) is 0.839. The fourth-order valence-corrected chi connectivity index (χ4v) is 1.76. The number of aromatic carboxylic acids is 1. The van der Waals surface area contributed by atoms with Crippen LogP contribution in [0.25, 0.3) is 0 Å². The predicted molar refractivity (Wildman–Crippen MR) is 64.1 cm³/mol. The van der Waals surface area contributed by atoms with Gasteiger partial charge in [0.05, 0.1) is 0 Å². The average molecular weight is 359 g/mol. The van der Waals surface area contributed by atoms with E-state index in [0.717, 1.165) is 0 Å². The first kappa shape index (κ1) is 19.1. The summed E-state index contributed by atoms with van der Waals surface area (Å²) in [6.45, 7) is 5.10. The van der Waals surface area contributed by atoms with E-state index in [-0.39, 0.29) is 51.4 Å². The third kappa shape index (κ3) is 3.61. The maximum atomic E-state index is 14.0. The van der Waals surface area contributed by atoms with Gasteiger partial charge in [-0.25, -0.2) is 4.39 Å². The Bertz CT molecular complexity index is 531. The number of amides is 1. The summed E-state index contributed by atoms with van der Waals surface area (Å²) in [6, 6.07) is 1.97. The largest absolute Gasteiger partial charge is 0.487 e. The summed E-state index contributed by atoms with van der Waals surface area (Å²) in [5, 5.41) is 8.94. The zero-order chi connectivity index (χ0) is 14.7. The van der Waals surface area contributed by atoms with Gasteiger partial charge in [0, 0.05) is 57.4 Å². The van der Waals surface area contributed by atoms with Crippen LogP contribution in [0.5, 0.6) is 0 Å².